The number of hydrogen-bond donors (Lipinski definition) is 1. The highest BCUT2D eigenvalue weighted by molar-refractivity contribution is 7.89. The van der Waals surface area contributed by atoms with Crippen molar-refractivity contribution in [3.05, 3.63) is 24.3 Å². The maximum atomic E-state index is 12.7. The number of amides is 2. The molecule has 0 saturated carbocycles. The molecule has 1 aromatic rings. The van der Waals surface area contributed by atoms with Crippen LogP contribution in [-0.2, 0) is 10.0 Å². The Morgan fingerprint density at radius 3 is 2.32 bits per heavy atom. The van der Waals surface area contributed by atoms with Gasteiger partial charge < -0.3 is 15.0 Å². The van der Waals surface area contributed by atoms with Gasteiger partial charge in [0.05, 0.1) is 11.5 Å². The lowest BCUT2D eigenvalue weighted by molar-refractivity contribution is 0.172. The van der Waals surface area contributed by atoms with E-state index < -0.39 is 10.0 Å². The molecule has 140 valence electrons. The van der Waals surface area contributed by atoms with Crippen LogP contribution in [0.5, 0.6) is 5.75 Å². The van der Waals surface area contributed by atoms with Crippen LogP contribution in [-0.4, -0.2) is 63.0 Å². The van der Waals surface area contributed by atoms with Gasteiger partial charge in [0.2, 0.25) is 10.0 Å². The summed E-state index contributed by atoms with van der Waals surface area (Å²) in [6.07, 6.45) is 1.96. The zero-order valence-electron chi connectivity index (χ0n) is 14.9. The van der Waals surface area contributed by atoms with E-state index in [1.54, 1.807) is 29.2 Å². The summed E-state index contributed by atoms with van der Waals surface area (Å²) in [5.41, 5.74) is 0. The van der Waals surface area contributed by atoms with Crippen LogP contribution in [0.3, 0.4) is 0 Å². The minimum atomic E-state index is -3.54. The van der Waals surface area contributed by atoms with Crippen molar-refractivity contribution in [3.8, 4) is 5.75 Å². The number of benzene rings is 1. The maximum absolute atomic E-state index is 12.7. The molecule has 7 nitrogen and oxygen atoms in total. The molecule has 8 heteroatoms. The molecule has 2 amide bonds. The number of piperazine rings is 1. The normalized spacial score (nSPS) is 15.8. The van der Waals surface area contributed by atoms with E-state index in [-0.39, 0.29) is 10.9 Å². The van der Waals surface area contributed by atoms with Crippen LogP contribution in [0, 0.1) is 0 Å². The molecule has 2 rings (SSSR count). The first-order valence-electron chi connectivity index (χ1n) is 8.74. The van der Waals surface area contributed by atoms with Crippen molar-refractivity contribution in [2.45, 2.75) is 31.6 Å². The number of nitrogens with one attached hydrogen (secondary N) is 1. The molecule has 0 aliphatic carbocycles. The number of unbranched alkanes of at least 4 members (excludes halogenated alkanes) is 1. The largest absolute Gasteiger partial charge is 0.494 e. The first-order valence-corrected chi connectivity index (χ1v) is 10.2. The standard InChI is InChI=1S/C17H27N3O4S/c1-3-5-10-18-17(21)19-11-13-20(14-12-19)25(22,23)16-8-6-15(7-9-16)24-4-2/h6-9H,3-5,10-14H2,1-2H3,(H,18,21). The van der Waals surface area contributed by atoms with Gasteiger partial charge >= 0.3 is 6.03 Å². The molecule has 1 aromatic carbocycles. The Hall–Kier alpha value is -1.80. The predicted molar refractivity (Wildman–Crippen MR) is 96.2 cm³/mol. The molecule has 0 aromatic heterocycles. The third kappa shape index (κ3) is 5.09. The highest BCUT2D eigenvalue weighted by atomic mass is 32.2. The van der Waals surface area contributed by atoms with Crippen LogP contribution < -0.4 is 10.1 Å². The summed E-state index contributed by atoms with van der Waals surface area (Å²) < 4.78 is 32.2. The topological polar surface area (TPSA) is 79.0 Å². The monoisotopic (exact) mass is 369 g/mol. The van der Waals surface area contributed by atoms with Crippen LogP contribution in [0.25, 0.3) is 0 Å². The number of carbonyl (C=O) groups excluding carboxylic acids is 1. The Morgan fingerprint density at radius 1 is 1.12 bits per heavy atom. The van der Waals surface area contributed by atoms with E-state index in [9.17, 15) is 13.2 Å². The van der Waals surface area contributed by atoms with Crippen molar-refractivity contribution in [1.29, 1.82) is 0 Å². The number of sulfonamides is 1. The highest BCUT2D eigenvalue weighted by Gasteiger charge is 2.30. The fraction of sp³-hybridized carbons (Fsp3) is 0.588. The molecule has 0 radical (unpaired) electrons. The Morgan fingerprint density at radius 2 is 1.76 bits per heavy atom. The quantitative estimate of drug-likeness (QED) is 0.745. The average molecular weight is 369 g/mol. The summed E-state index contributed by atoms with van der Waals surface area (Å²) in [5.74, 6) is 0.648. The molecule has 1 heterocycles. The Bertz CT molecular complexity index is 653. The third-order valence-corrected chi connectivity index (χ3v) is 6.02. The number of hydrogen-bond acceptors (Lipinski definition) is 4. The van der Waals surface area contributed by atoms with E-state index in [1.807, 2.05) is 6.92 Å². The van der Waals surface area contributed by atoms with E-state index in [0.29, 0.717) is 45.1 Å². The van der Waals surface area contributed by atoms with Gasteiger partial charge in [0.1, 0.15) is 5.75 Å². The minimum Gasteiger partial charge on any atom is -0.494 e. The summed E-state index contributed by atoms with van der Waals surface area (Å²) in [5, 5.41) is 2.86. The lowest BCUT2D eigenvalue weighted by Gasteiger charge is -2.34. The van der Waals surface area contributed by atoms with Crippen molar-refractivity contribution < 1.29 is 17.9 Å². The van der Waals surface area contributed by atoms with Crippen LogP contribution in [0.2, 0.25) is 0 Å². The van der Waals surface area contributed by atoms with Gasteiger partial charge in [-0.25, -0.2) is 13.2 Å². The summed E-state index contributed by atoms with van der Waals surface area (Å²) in [4.78, 5) is 13.9. The fourth-order valence-electron chi connectivity index (χ4n) is 2.64. The van der Waals surface area contributed by atoms with Gasteiger partial charge in [-0.3, -0.25) is 0 Å². The summed E-state index contributed by atoms with van der Waals surface area (Å²) in [6.45, 7) is 6.53. The minimum absolute atomic E-state index is 0.119. The third-order valence-electron chi connectivity index (χ3n) is 4.10. The van der Waals surface area contributed by atoms with E-state index in [2.05, 4.69) is 12.2 Å². The van der Waals surface area contributed by atoms with Crippen molar-refractivity contribution in [3.63, 3.8) is 0 Å². The molecule has 1 aliphatic heterocycles. The molecular formula is C17H27N3O4S. The SMILES string of the molecule is CCCCNC(=O)N1CCN(S(=O)(=O)c2ccc(OCC)cc2)CC1. The van der Waals surface area contributed by atoms with E-state index in [1.165, 1.54) is 4.31 Å². The van der Waals surface area contributed by atoms with Crippen molar-refractivity contribution in [1.82, 2.24) is 14.5 Å². The molecule has 0 bridgehead atoms. The number of urea groups is 1. The number of rotatable bonds is 7. The van der Waals surface area contributed by atoms with Gasteiger partial charge in [-0.2, -0.15) is 4.31 Å². The second kappa shape index (κ2) is 9.05. The molecule has 0 unspecified atom stereocenters. The first-order chi connectivity index (χ1) is 12.0. The zero-order chi connectivity index (χ0) is 18.3. The molecule has 1 fully saturated rings. The van der Waals surface area contributed by atoms with Crippen molar-refractivity contribution in [2.75, 3.05) is 39.3 Å². The fourth-order valence-corrected chi connectivity index (χ4v) is 4.06. The lowest BCUT2D eigenvalue weighted by Crippen LogP contribution is -2.53. The molecule has 25 heavy (non-hydrogen) atoms. The number of carbonyl (C=O) groups is 1. The molecule has 1 N–H and O–H groups in total. The van der Waals surface area contributed by atoms with Crippen LogP contribution >= 0.6 is 0 Å². The van der Waals surface area contributed by atoms with Crippen LogP contribution in [0.1, 0.15) is 26.7 Å². The molecular weight excluding hydrogens is 342 g/mol. The van der Waals surface area contributed by atoms with Crippen LogP contribution in [0.4, 0.5) is 4.79 Å². The smallest absolute Gasteiger partial charge is 0.317 e. The second-order valence-electron chi connectivity index (χ2n) is 5.88. The van der Waals surface area contributed by atoms with E-state index in [4.69, 9.17) is 4.74 Å². The van der Waals surface area contributed by atoms with Gasteiger partial charge in [-0.05, 0) is 37.6 Å². The summed E-state index contributed by atoms with van der Waals surface area (Å²) in [7, 11) is -3.54. The lowest BCUT2D eigenvalue weighted by atomic mass is 10.3. The summed E-state index contributed by atoms with van der Waals surface area (Å²) in [6, 6.07) is 6.32. The highest BCUT2D eigenvalue weighted by Crippen LogP contribution is 2.20. The Labute approximate surface area is 150 Å². The Balaban J connectivity index is 1.93. The van der Waals surface area contributed by atoms with Gasteiger partial charge in [-0.1, -0.05) is 13.3 Å². The van der Waals surface area contributed by atoms with Gasteiger partial charge in [-0.15, -0.1) is 0 Å². The van der Waals surface area contributed by atoms with E-state index >= 15 is 0 Å². The number of ether oxygens (including phenoxy) is 1. The van der Waals surface area contributed by atoms with Crippen molar-refractivity contribution in [2.24, 2.45) is 0 Å². The van der Waals surface area contributed by atoms with Crippen molar-refractivity contribution >= 4 is 16.1 Å². The molecule has 0 atom stereocenters. The predicted octanol–water partition coefficient (Wildman–Crippen LogP) is 1.90. The average Bonchev–Trinajstić information content (AvgIpc) is 2.63. The first kappa shape index (κ1) is 19.5. The molecule has 1 saturated heterocycles. The zero-order valence-corrected chi connectivity index (χ0v) is 15.7. The molecule has 0 spiro atoms. The maximum Gasteiger partial charge on any atom is 0.317 e. The van der Waals surface area contributed by atoms with Gasteiger partial charge in [0.15, 0.2) is 0 Å². The second-order valence-corrected chi connectivity index (χ2v) is 7.82. The van der Waals surface area contributed by atoms with E-state index in [0.717, 1.165) is 12.8 Å². The van der Waals surface area contributed by atoms with Crippen LogP contribution in [0.15, 0.2) is 29.2 Å². The number of nitrogens with zero attached hydrogens (tertiary/aromatic N) is 2. The summed E-state index contributed by atoms with van der Waals surface area (Å²) >= 11 is 0. The van der Waals surface area contributed by atoms with Gasteiger partial charge in [0, 0.05) is 32.7 Å². The molecule has 1 aliphatic rings. The Kier molecular flexibility index (Phi) is 7.07. The van der Waals surface area contributed by atoms with Gasteiger partial charge in [0.25, 0.3) is 0 Å².